The third-order valence-electron chi connectivity index (χ3n) is 5.71. The van der Waals surface area contributed by atoms with Crippen LogP contribution in [0.3, 0.4) is 0 Å². The van der Waals surface area contributed by atoms with Crippen LogP contribution >= 0.6 is 0 Å². The number of carbonyl (C=O) groups is 1. The van der Waals surface area contributed by atoms with E-state index < -0.39 is 0 Å². The Morgan fingerprint density at radius 3 is 2.94 bits per heavy atom. The van der Waals surface area contributed by atoms with Crippen LogP contribution in [-0.2, 0) is 4.74 Å². The first kappa shape index (κ1) is 21.1. The Kier molecular flexibility index (Phi) is 5.53. The smallest absolute Gasteiger partial charge is 0.274 e. The number of aromatic nitrogens is 4. The number of amides is 1. The van der Waals surface area contributed by atoms with Crippen LogP contribution < -0.4 is 10.2 Å². The number of aliphatic hydroxyl groups is 1. The van der Waals surface area contributed by atoms with Crippen molar-refractivity contribution in [2.75, 3.05) is 36.5 Å². The molecule has 1 aliphatic rings. The van der Waals surface area contributed by atoms with E-state index in [2.05, 4.69) is 25.3 Å². The van der Waals surface area contributed by atoms with Crippen molar-refractivity contribution in [2.45, 2.75) is 20.0 Å². The molecule has 0 spiro atoms. The van der Waals surface area contributed by atoms with Crippen LogP contribution in [0.15, 0.2) is 47.2 Å². The molecule has 10 heteroatoms. The Bertz CT molecular complexity index is 1310. The van der Waals surface area contributed by atoms with Crippen molar-refractivity contribution in [2.24, 2.45) is 0 Å². The molecule has 170 valence electrons. The van der Waals surface area contributed by atoms with E-state index in [4.69, 9.17) is 9.26 Å². The number of aliphatic hydroxyl groups excluding tert-OH is 1. The fourth-order valence-corrected chi connectivity index (χ4v) is 3.90. The molecule has 5 rings (SSSR count). The number of hydrogen-bond acceptors (Lipinski definition) is 8. The van der Waals surface area contributed by atoms with Crippen LogP contribution in [0.4, 0.5) is 11.4 Å². The molecule has 4 heterocycles. The molecular weight excluding hydrogens is 424 g/mol. The van der Waals surface area contributed by atoms with Gasteiger partial charge in [-0.1, -0.05) is 17.3 Å². The van der Waals surface area contributed by atoms with Gasteiger partial charge < -0.3 is 24.6 Å². The van der Waals surface area contributed by atoms with Crippen LogP contribution in [-0.4, -0.2) is 62.9 Å². The molecule has 1 aliphatic heterocycles. The second kappa shape index (κ2) is 8.64. The molecule has 1 aromatic carbocycles. The summed E-state index contributed by atoms with van der Waals surface area (Å²) in [6, 6.07) is 9.49. The Hall–Kier alpha value is -3.76. The molecule has 0 aliphatic carbocycles. The second-order valence-corrected chi connectivity index (χ2v) is 8.00. The Labute approximate surface area is 189 Å². The number of nitrogens with one attached hydrogen (secondary N) is 1. The van der Waals surface area contributed by atoms with E-state index in [0.717, 1.165) is 23.4 Å². The third-order valence-corrected chi connectivity index (χ3v) is 5.71. The molecule has 0 radical (unpaired) electrons. The van der Waals surface area contributed by atoms with E-state index in [0.29, 0.717) is 41.9 Å². The molecule has 10 nitrogen and oxygen atoms in total. The first-order valence-corrected chi connectivity index (χ1v) is 10.7. The van der Waals surface area contributed by atoms with E-state index in [-0.39, 0.29) is 18.6 Å². The van der Waals surface area contributed by atoms with Gasteiger partial charge in [0.1, 0.15) is 11.3 Å². The van der Waals surface area contributed by atoms with Gasteiger partial charge in [-0.2, -0.15) is 4.98 Å². The van der Waals surface area contributed by atoms with Crippen molar-refractivity contribution in [3.8, 4) is 11.4 Å². The first-order chi connectivity index (χ1) is 16.0. The summed E-state index contributed by atoms with van der Waals surface area (Å²) >= 11 is 0. The van der Waals surface area contributed by atoms with Crippen LogP contribution in [0.5, 0.6) is 0 Å². The summed E-state index contributed by atoms with van der Waals surface area (Å²) in [6.45, 7) is 5.53. The predicted molar refractivity (Wildman–Crippen MR) is 121 cm³/mol. The van der Waals surface area contributed by atoms with Gasteiger partial charge in [-0.05, 0) is 24.6 Å². The highest BCUT2D eigenvalue weighted by Crippen LogP contribution is 2.25. The Balaban J connectivity index is 1.38. The maximum absolute atomic E-state index is 13.1. The lowest BCUT2D eigenvalue weighted by Gasteiger charge is -2.33. The zero-order valence-corrected chi connectivity index (χ0v) is 18.4. The number of nitrogens with zero attached hydrogens (tertiary/aromatic N) is 5. The maximum atomic E-state index is 13.1. The van der Waals surface area contributed by atoms with Crippen LogP contribution in [0.2, 0.25) is 0 Å². The molecule has 1 atom stereocenters. The molecule has 2 N–H and O–H groups in total. The lowest BCUT2D eigenvalue weighted by molar-refractivity contribution is 0.00357. The molecule has 0 unspecified atom stereocenters. The van der Waals surface area contributed by atoms with E-state index in [1.807, 2.05) is 43.5 Å². The molecule has 33 heavy (non-hydrogen) atoms. The number of pyridine rings is 1. The third kappa shape index (κ3) is 4.18. The van der Waals surface area contributed by atoms with Gasteiger partial charge in [0, 0.05) is 49.2 Å². The Morgan fingerprint density at radius 2 is 2.15 bits per heavy atom. The predicted octanol–water partition coefficient (Wildman–Crippen LogP) is 2.45. The number of aryl methyl sites for hydroxylation is 2. The highest BCUT2D eigenvalue weighted by atomic mass is 16.5. The second-order valence-electron chi connectivity index (χ2n) is 8.00. The molecule has 4 aromatic rings. The quantitative estimate of drug-likeness (QED) is 0.478. The lowest BCUT2D eigenvalue weighted by Crippen LogP contribution is -2.44. The fourth-order valence-electron chi connectivity index (χ4n) is 3.90. The minimum Gasteiger partial charge on any atom is -0.394 e. The molecule has 0 saturated carbocycles. The molecular formula is C23H24N6O4. The summed E-state index contributed by atoms with van der Waals surface area (Å²) in [7, 11) is 0. The van der Waals surface area contributed by atoms with E-state index in [1.54, 1.807) is 17.5 Å². The maximum Gasteiger partial charge on any atom is 0.274 e. The van der Waals surface area contributed by atoms with E-state index in [1.165, 1.54) is 0 Å². The number of imidazole rings is 1. The highest BCUT2D eigenvalue weighted by Gasteiger charge is 2.21. The number of rotatable bonds is 5. The standard InChI is InChI=1S/C23H24N6O4/c1-14-3-4-16(22-25-15(2)33-27-22)9-19(14)26-23(31)20-11-24-21-10-17(5-6-29(20)21)28-7-8-32-18(12-28)13-30/h3-6,9-11,18,30H,7-8,12-13H2,1-2H3,(H,26,31)/t18-/m0/s1. The van der Waals surface area contributed by atoms with Crippen molar-refractivity contribution in [3.05, 3.63) is 59.9 Å². The van der Waals surface area contributed by atoms with Crippen LogP contribution in [0.1, 0.15) is 21.9 Å². The highest BCUT2D eigenvalue weighted by molar-refractivity contribution is 6.04. The van der Waals surface area contributed by atoms with Crippen molar-refractivity contribution in [1.29, 1.82) is 0 Å². The van der Waals surface area contributed by atoms with Crippen molar-refractivity contribution in [3.63, 3.8) is 0 Å². The van der Waals surface area contributed by atoms with E-state index in [9.17, 15) is 9.90 Å². The van der Waals surface area contributed by atoms with Gasteiger partial charge in [0.15, 0.2) is 0 Å². The largest absolute Gasteiger partial charge is 0.394 e. The molecule has 1 amide bonds. The first-order valence-electron chi connectivity index (χ1n) is 10.7. The average Bonchev–Trinajstić information content (AvgIpc) is 3.46. The Morgan fingerprint density at radius 1 is 1.27 bits per heavy atom. The summed E-state index contributed by atoms with van der Waals surface area (Å²) in [5, 5.41) is 16.3. The molecule has 1 saturated heterocycles. The molecule has 3 aromatic heterocycles. The van der Waals surface area contributed by atoms with Gasteiger partial charge in [-0.25, -0.2) is 4.98 Å². The minimum atomic E-state index is -0.272. The zero-order valence-electron chi connectivity index (χ0n) is 18.4. The zero-order chi connectivity index (χ0) is 22.9. The van der Waals surface area contributed by atoms with Crippen LogP contribution in [0, 0.1) is 13.8 Å². The SMILES string of the molecule is Cc1nc(-c2ccc(C)c(NC(=O)c3cnc4cc(N5CCO[C@H](CO)C5)ccn34)c2)no1. The number of morpholine rings is 1. The fraction of sp³-hybridized carbons (Fsp3) is 0.304. The van der Waals surface area contributed by atoms with Gasteiger partial charge in [-0.3, -0.25) is 9.20 Å². The summed E-state index contributed by atoms with van der Waals surface area (Å²) in [6.07, 6.45) is 3.19. The van der Waals surface area contributed by atoms with Gasteiger partial charge in [0.25, 0.3) is 5.91 Å². The van der Waals surface area contributed by atoms with Gasteiger partial charge >= 0.3 is 0 Å². The topological polar surface area (TPSA) is 118 Å². The number of fused-ring (bicyclic) bond motifs is 1. The summed E-state index contributed by atoms with van der Waals surface area (Å²) in [4.78, 5) is 23.9. The van der Waals surface area contributed by atoms with E-state index >= 15 is 0 Å². The van der Waals surface area contributed by atoms with Gasteiger partial charge in [0.05, 0.1) is 25.5 Å². The number of benzene rings is 1. The van der Waals surface area contributed by atoms with Crippen molar-refractivity contribution >= 4 is 22.9 Å². The number of hydrogen-bond donors (Lipinski definition) is 2. The summed E-state index contributed by atoms with van der Waals surface area (Å²) in [5.74, 6) is 0.675. The van der Waals surface area contributed by atoms with Crippen LogP contribution in [0.25, 0.3) is 17.0 Å². The number of anilines is 2. The normalized spacial score (nSPS) is 16.3. The number of carbonyl (C=O) groups excluding carboxylic acids is 1. The van der Waals surface area contributed by atoms with Crippen molar-refractivity contribution < 1.29 is 19.2 Å². The lowest BCUT2D eigenvalue weighted by atomic mass is 10.1. The van der Waals surface area contributed by atoms with Gasteiger partial charge in [-0.15, -0.1) is 0 Å². The molecule has 0 bridgehead atoms. The average molecular weight is 448 g/mol. The monoisotopic (exact) mass is 448 g/mol. The summed E-state index contributed by atoms with van der Waals surface area (Å²) < 4.78 is 12.3. The molecule has 1 fully saturated rings. The minimum absolute atomic E-state index is 0.0145. The van der Waals surface area contributed by atoms with Crippen molar-refractivity contribution in [1.82, 2.24) is 19.5 Å². The number of ether oxygens (including phenoxy) is 1. The summed E-state index contributed by atoms with van der Waals surface area (Å²) in [5.41, 5.74) is 4.39. The van der Waals surface area contributed by atoms with Gasteiger partial charge in [0.2, 0.25) is 11.7 Å².